The highest BCUT2D eigenvalue weighted by molar-refractivity contribution is 6.07. The molecule has 1 heterocycles. The third-order valence-electron chi connectivity index (χ3n) is 5.80. The lowest BCUT2D eigenvalue weighted by molar-refractivity contribution is -0.131. The number of hydrogen-bond acceptors (Lipinski definition) is 3. The molecule has 1 N–H and O–H groups in total. The van der Waals surface area contributed by atoms with Gasteiger partial charge in [0.2, 0.25) is 5.91 Å². The zero-order valence-corrected chi connectivity index (χ0v) is 16.3. The van der Waals surface area contributed by atoms with Gasteiger partial charge in [-0.05, 0) is 30.5 Å². The molecule has 1 saturated carbocycles. The molecule has 1 aliphatic heterocycles. The highest BCUT2D eigenvalue weighted by atomic mass is 16.2. The molecule has 2 aromatic rings. The highest BCUT2D eigenvalue weighted by Gasteiger charge is 2.52. The van der Waals surface area contributed by atoms with Crippen molar-refractivity contribution in [2.45, 2.75) is 44.2 Å². The zero-order valence-electron chi connectivity index (χ0n) is 16.3. The van der Waals surface area contributed by atoms with Crippen LogP contribution in [0.5, 0.6) is 0 Å². The van der Waals surface area contributed by atoms with Gasteiger partial charge in [-0.2, -0.15) is 0 Å². The molecule has 6 heteroatoms. The maximum Gasteiger partial charge on any atom is 0.325 e. The first-order chi connectivity index (χ1) is 14.1. The first-order valence-corrected chi connectivity index (χ1v) is 10.1. The first kappa shape index (κ1) is 19.2. The van der Waals surface area contributed by atoms with E-state index in [4.69, 9.17) is 0 Å². The van der Waals surface area contributed by atoms with Gasteiger partial charge < -0.3 is 10.2 Å². The fraction of sp³-hybridized carbons (Fsp3) is 0.348. The number of rotatable bonds is 6. The lowest BCUT2D eigenvalue weighted by Gasteiger charge is -2.24. The van der Waals surface area contributed by atoms with Gasteiger partial charge in [-0.3, -0.25) is 14.5 Å². The summed E-state index contributed by atoms with van der Waals surface area (Å²) in [5.41, 5.74) is 1.08. The SMILES string of the molecule is O=C1NC2(CCCC2)C(=O)N1CCC(=O)N(Cc1ccccc1)c1ccccc1. The standard InChI is InChI=1S/C23H25N3O3/c27-20(13-16-25-21(28)23(24-22(25)29)14-7-8-15-23)26(19-11-5-2-6-12-19)17-18-9-3-1-4-10-18/h1-6,9-12H,7-8,13-17H2,(H,24,29). The summed E-state index contributed by atoms with van der Waals surface area (Å²) in [6.07, 6.45) is 3.35. The van der Waals surface area contributed by atoms with Crippen LogP contribution in [0.15, 0.2) is 60.7 Å². The van der Waals surface area contributed by atoms with Crippen LogP contribution in [0.25, 0.3) is 0 Å². The Bertz CT molecular complexity index is 892. The number of imide groups is 1. The second kappa shape index (κ2) is 8.07. The molecule has 4 amide bonds. The highest BCUT2D eigenvalue weighted by Crippen LogP contribution is 2.35. The molecule has 0 atom stereocenters. The monoisotopic (exact) mass is 391 g/mol. The van der Waals surface area contributed by atoms with Crippen LogP contribution >= 0.6 is 0 Å². The summed E-state index contributed by atoms with van der Waals surface area (Å²) in [5.74, 6) is -0.296. The smallest absolute Gasteiger partial charge is 0.323 e. The van der Waals surface area contributed by atoms with Crippen LogP contribution in [-0.2, 0) is 16.1 Å². The number of amides is 4. The summed E-state index contributed by atoms with van der Waals surface area (Å²) in [5, 5.41) is 2.87. The van der Waals surface area contributed by atoms with Crippen molar-refractivity contribution >= 4 is 23.5 Å². The molecule has 2 aromatic carbocycles. The van der Waals surface area contributed by atoms with Gasteiger partial charge in [0.15, 0.2) is 0 Å². The van der Waals surface area contributed by atoms with Crippen LogP contribution < -0.4 is 10.2 Å². The van der Waals surface area contributed by atoms with Crippen LogP contribution in [0, 0.1) is 0 Å². The molecule has 29 heavy (non-hydrogen) atoms. The van der Waals surface area contributed by atoms with E-state index in [1.54, 1.807) is 4.90 Å². The summed E-state index contributed by atoms with van der Waals surface area (Å²) >= 11 is 0. The minimum atomic E-state index is -0.733. The largest absolute Gasteiger partial charge is 0.325 e. The molecule has 0 radical (unpaired) electrons. The predicted molar refractivity (Wildman–Crippen MR) is 110 cm³/mol. The van der Waals surface area contributed by atoms with Crippen molar-refractivity contribution < 1.29 is 14.4 Å². The van der Waals surface area contributed by atoms with E-state index in [1.165, 1.54) is 4.90 Å². The summed E-state index contributed by atoms with van der Waals surface area (Å²) < 4.78 is 0. The molecule has 0 unspecified atom stereocenters. The van der Waals surface area contributed by atoms with Gasteiger partial charge >= 0.3 is 6.03 Å². The maximum atomic E-state index is 13.1. The van der Waals surface area contributed by atoms with E-state index in [1.807, 2.05) is 60.7 Å². The Balaban J connectivity index is 1.47. The van der Waals surface area contributed by atoms with Crippen LogP contribution in [0.2, 0.25) is 0 Å². The van der Waals surface area contributed by atoms with Gasteiger partial charge in [0.1, 0.15) is 5.54 Å². The molecular formula is C23H25N3O3. The molecule has 0 aromatic heterocycles. The molecule has 1 saturated heterocycles. The molecule has 2 aliphatic rings. The molecular weight excluding hydrogens is 366 g/mol. The number of carbonyl (C=O) groups is 3. The lowest BCUT2D eigenvalue weighted by atomic mass is 9.98. The minimum Gasteiger partial charge on any atom is -0.323 e. The van der Waals surface area contributed by atoms with Crippen molar-refractivity contribution in [3.05, 3.63) is 66.2 Å². The van der Waals surface area contributed by atoms with Gasteiger partial charge in [-0.1, -0.05) is 61.4 Å². The molecule has 4 rings (SSSR count). The second-order valence-electron chi connectivity index (χ2n) is 7.73. The third kappa shape index (κ3) is 3.88. The average Bonchev–Trinajstić information content (AvgIpc) is 3.31. The fourth-order valence-corrected chi connectivity index (χ4v) is 4.24. The van der Waals surface area contributed by atoms with Crippen molar-refractivity contribution in [2.75, 3.05) is 11.4 Å². The van der Waals surface area contributed by atoms with Crippen molar-refractivity contribution in [3.63, 3.8) is 0 Å². The maximum absolute atomic E-state index is 13.1. The van der Waals surface area contributed by atoms with Crippen molar-refractivity contribution in [1.82, 2.24) is 10.2 Å². The molecule has 2 fully saturated rings. The van der Waals surface area contributed by atoms with Crippen LogP contribution in [0.3, 0.4) is 0 Å². The minimum absolute atomic E-state index is 0.0942. The molecule has 1 aliphatic carbocycles. The quantitative estimate of drug-likeness (QED) is 0.767. The van der Waals surface area contributed by atoms with Gasteiger partial charge in [0.05, 0.1) is 6.54 Å². The second-order valence-corrected chi connectivity index (χ2v) is 7.73. The Morgan fingerprint density at radius 1 is 0.966 bits per heavy atom. The molecule has 150 valence electrons. The molecule has 6 nitrogen and oxygen atoms in total. The third-order valence-corrected chi connectivity index (χ3v) is 5.80. The Hall–Kier alpha value is -3.15. The fourth-order valence-electron chi connectivity index (χ4n) is 4.24. The number of nitrogens with zero attached hydrogens (tertiary/aromatic N) is 2. The van der Waals surface area contributed by atoms with E-state index in [2.05, 4.69) is 5.32 Å². The Kier molecular flexibility index (Phi) is 5.34. The Morgan fingerprint density at radius 3 is 2.24 bits per heavy atom. The first-order valence-electron chi connectivity index (χ1n) is 10.1. The van der Waals surface area contributed by atoms with E-state index in [0.717, 1.165) is 24.1 Å². The van der Waals surface area contributed by atoms with E-state index in [-0.39, 0.29) is 30.8 Å². The van der Waals surface area contributed by atoms with E-state index in [9.17, 15) is 14.4 Å². The Morgan fingerprint density at radius 2 is 1.59 bits per heavy atom. The molecule has 1 spiro atoms. The number of hydrogen-bond donors (Lipinski definition) is 1. The lowest BCUT2D eigenvalue weighted by Crippen LogP contribution is -2.44. The van der Waals surface area contributed by atoms with Gasteiger partial charge in [-0.25, -0.2) is 4.79 Å². The summed E-state index contributed by atoms with van der Waals surface area (Å²) in [6.45, 7) is 0.539. The number of benzene rings is 2. The van der Waals surface area contributed by atoms with Crippen molar-refractivity contribution in [3.8, 4) is 0 Å². The van der Waals surface area contributed by atoms with E-state index >= 15 is 0 Å². The number of carbonyl (C=O) groups excluding carboxylic acids is 3. The summed E-state index contributed by atoms with van der Waals surface area (Å²) in [4.78, 5) is 41.2. The van der Waals surface area contributed by atoms with Gasteiger partial charge in [0, 0.05) is 18.7 Å². The number of urea groups is 1. The average molecular weight is 391 g/mol. The number of anilines is 1. The van der Waals surface area contributed by atoms with E-state index in [0.29, 0.717) is 19.4 Å². The van der Waals surface area contributed by atoms with Crippen LogP contribution in [0.1, 0.15) is 37.7 Å². The predicted octanol–water partition coefficient (Wildman–Crippen LogP) is 3.47. The van der Waals surface area contributed by atoms with Crippen LogP contribution in [-0.4, -0.2) is 34.8 Å². The van der Waals surface area contributed by atoms with E-state index < -0.39 is 5.54 Å². The van der Waals surface area contributed by atoms with Crippen LogP contribution in [0.4, 0.5) is 10.5 Å². The zero-order chi connectivity index (χ0) is 20.3. The topological polar surface area (TPSA) is 69.7 Å². The summed E-state index contributed by atoms with van der Waals surface area (Å²) in [6, 6.07) is 18.9. The van der Waals surface area contributed by atoms with Gasteiger partial charge in [0.25, 0.3) is 5.91 Å². The van der Waals surface area contributed by atoms with Gasteiger partial charge in [-0.15, -0.1) is 0 Å². The van der Waals surface area contributed by atoms with Crippen molar-refractivity contribution in [1.29, 1.82) is 0 Å². The normalized spacial score (nSPS) is 17.6. The summed E-state index contributed by atoms with van der Waals surface area (Å²) in [7, 11) is 0. The molecule has 0 bridgehead atoms. The number of nitrogens with one attached hydrogen (secondary N) is 1. The van der Waals surface area contributed by atoms with Crippen molar-refractivity contribution in [2.24, 2.45) is 0 Å². The Labute approximate surface area is 170 Å². The number of para-hydroxylation sites is 1.